The Kier molecular flexibility index (Phi) is 4.21. The number of carbonyl (C=O) groups is 1. The van der Waals surface area contributed by atoms with Crippen LogP contribution in [0.3, 0.4) is 0 Å². The van der Waals surface area contributed by atoms with Crippen molar-refractivity contribution in [2.24, 2.45) is 0 Å². The minimum atomic E-state index is -3.03. The number of aromatic nitrogens is 2. The summed E-state index contributed by atoms with van der Waals surface area (Å²) in [5, 5.41) is 6.63. The van der Waals surface area contributed by atoms with E-state index in [1.807, 2.05) is 30.3 Å². The van der Waals surface area contributed by atoms with Crippen LogP contribution in [0.1, 0.15) is 23.3 Å². The first-order chi connectivity index (χ1) is 10.9. The predicted octanol–water partition coefficient (Wildman–Crippen LogP) is 1.73. The van der Waals surface area contributed by atoms with Gasteiger partial charge in [-0.25, -0.2) is 8.42 Å². The lowest BCUT2D eigenvalue weighted by atomic mass is 10.1. The average Bonchev–Trinajstić information content (AvgIpc) is 3.04. The normalized spacial score (nSPS) is 16.5. The highest BCUT2D eigenvalue weighted by molar-refractivity contribution is 7.91. The summed E-state index contributed by atoms with van der Waals surface area (Å²) in [6.07, 6.45) is 2.24. The van der Waals surface area contributed by atoms with Crippen LogP contribution in [0.15, 0.2) is 36.4 Å². The fraction of sp³-hybridized carbons (Fsp3) is 0.375. The van der Waals surface area contributed by atoms with Gasteiger partial charge in [-0.2, -0.15) is 5.10 Å². The summed E-state index contributed by atoms with van der Waals surface area (Å²) < 4.78 is 23.1. The molecule has 3 rings (SSSR count). The lowest BCUT2D eigenvalue weighted by Gasteiger charge is -2.30. The van der Waals surface area contributed by atoms with Crippen molar-refractivity contribution in [3.63, 3.8) is 0 Å². The minimum absolute atomic E-state index is 0.133. The Morgan fingerprint density at radius 1 is 1.22 bits per heavy atom. The summed E-state index contributed by atoms with van der Waals surface area (Å²) in [6.45, 7) is 0.909. The topological polar surface area (TPSA) is 83.1 Å². The van der Waals surface area contributed by atoms with E-state index in [-0.39, 0.29) is 11.2 Å². The van der Waals surface area contributed by atoms with E-state index in [1.165, 1.54) is 6.26 Å². The number of aromatic amines is 1. The SMILES string of the molecule is CS(=O)(=O)C1CCN(C(=O)c2cc(-c3ccccc3)n[nH]2)CC1. The molecule has 1 aliphatic heterocycles. The lowest BCUT2D eigenvalue weighted by Crippen LogP contribution is -2.42. The number of H-pyrrole nitrogens is 1. The van der Waals surface area contributed by atoms with Crippen molar-refractivity contribution in [2.75, 3.05) is 19.3 Å². The number of piperidine rings is 1. The number of sulfone groups is 1. The van der Waals surface area contributed by atoms with Gasteiger partial charge in [-0.1, -0.05) is 30.3 Å². The van der Waals surface area contributed by atoms with Gasteiger partial charge < -0.3 is 4.90 Å². The first kappa shape index (κ1) is 15.7. The van der Waals surface area contributed by atoms with E-state index in [0.29, 0.717) is 31.6 Å². The highest BCUT2D eigenvalue weighted by Crippen LogP contribution is 2.21. The molecule has 2 heterocycles. The van der Waals surface area contributed by atoms with E-state index >= 15 is 0 Å². The Bertz CT molecular complexity index is 791. The summed E-state index contributed by atoms with van der Waals surface area (Å²) in [6, 6.07) is 11.4. The molecular formula is C16H19N3O3S. The van der Waals surface area contributed by atoms with E-state index < -0.39 is 9.84 Å². The van der Waals surface area contributed by atoms with Crippen LogP contribution in [0, 0.1) is 0 Å². The zero-order valence-corrected chi connectivity index (χ0v) is 13.7. The van der Waals surface area contributed by atoms with Gasteiger partial charge in [0.15, 0.2) is 0 Å². The van der Waals surface area contributed by atoms with Crippen molar-refractivity contribution in [1.82, 2.24) is 15.1 Å². The van der Waals surface area contributed by atoms with E-state index in [2.05, 4.69) is 10.2 Å². The largest absolute Gasteiger partial charge is 0.337 e. The summed E-state index contributed by atoms with van der Waals surface area (Å²) in [4.78, 5) is 14.2. The molecule has 122 valence electrons. The van der Waals surface area contributed by atoms with Crippen LogP contribution in [-0.4, -0.2) is 54.0 Å². The summed E-state index contributed by atoms with van der Waals surface area (Å²) in [7, 11) is -3.03. The molecule has 1 aliphatic rings. The Labute approximate surface area is 135 Å². The van der Waals surface area contributed by atoms with Crippen molar-refractivity contribution >= 4 is 15.7 Å². The molecule has 1 aromatic heterocycles. The molecule has 1 aromatic carbocycles. The van der Waals surface area contributed by atoms with Gasteiger partial charge >= 0.3 is 0 Å². The number of carbonyl (C=O) groups excluding carboxylic acids is 1. The van der Waals surface area contributed by atoms with Crippen molar-refractivity contribution < 1.29 is 13.2 Å². The van der Waals surface area contributed by atoms with Gasteiger partial charge in [0.25, 0.3) is 5.91 Å². The van der Waals surface area contributed by atoms with Crippen molar-refractivity contribution in [1.29, 1.82) is 0 Å². The number of hydrogen-bond donors (Lipinski definition) is 1. The van der Waals surface area contributed by atoms with Gasteiger partial charge in [-0.15, -0.1) is 0 Å². The van der Waals surface area contributed by atoms with Crippen molar-refractivity contribution in [3.8, 4) is 11.3 Å². The third-order valence-electron chi connectivity index (χ3n) is 4.21. The molecule has 0 radical (unpaired) electrons. The van der Waals surface area contributed by atoms with E-state index in [9.17, 15) is 13.2 Å². The van der Waals surface area contributed by atoms with Gasteiger partial charge in [0.1, 0.15) is 15.5 Å². The molecule has 23 heavy (non-hydrogen) atoms. The molecule has 1 amide bonds. The Hall–Kier alpha value is -2.15. The van der Waals surface area contributed by atoms with Crippen LogP contribution in [0.4, 0.5) is 0 Å². The average molecular weight is 333 g/mol. The maximum Gasteiger partial charge on any atom is 0.271 e. The Morgan fingerprint density at radius 3 is 2.48 bits per heavy atom. The molecule has 2 aromatic rings. The number of nitrogens with zero attached hydrogens (tertiary/aromatic N) is 2. The maximum absolute atomic E-state index is 12.5. The van der Waals surface area contributed by atoms with Crippen LogP contribution >= 0.6 is 0 Å². The molecule has 0 bridgehead atoms. The van der Waals surface area contributed by atoms with Crippen LogP contribution in [-0.2, 0) is 9.84 Å². The number of likely N-dealkylation sites (tertiary alicyclic amines) is 1. The van der Waals surface area contributed by atoms with Gasteiger partial charge in [0.2, 0.25) is 0 Å². The first-order valence-corrected chi connectivity index (χ1v) is 9.49. The molecule has 0 atom stereocenters. The molecule has 0 spiro atoms. The molecule has 1 saturated heterocycles. The van der Waals surface area contributed by atoms with Gasteiger partial charge in [0, 0.05) is 24.9 Å². The quantitative estimate of drug-likeness (QED) is 0.927. The summed E-state index contributed by atoms with van der Waals surface area (Å²) >= 11 is 0. The number of rotatable bonds is 3. The molecule has 0 saturated carbocycles. The molecule has 1 N–H and O–H groups in total. The van der Waals surface area contributed by atoms with Crippen LogP contribution in [0.5, 0.6) is 0 Å². The third-order valence-corrected chi connectivity index (χ3v) is 5.89. The van der Waals surface area contributed by atoms with Crippen LogP contribution < -0.4 is 0 Å². The second-order valence-corrected chi connectivity index (χ2v) is 8.18. The first-order valence-electron chi connectivity index (χ1n) is 7.54. The third kappa shape index (κ3) is 3.44. The molecule has 6 nitrogen and oxygen atoms in total. The fourth-order valence-electron chi connectivity index (χ4n) is 2.85. The Morgan fingerprint density at radius 2 is 1.87 bits per heavy atom. The maximum atomic E-state index is 12.5. The Balaban J connectivity index is 1.69. The molecule has 1 fully saturated rings. The van der Waals surface area contributed by atoms with Gasteiger partial charge in [-0.05, 0) is 18.9 Å². The molecule has 7 heteroatoms. The van der Waals surface area contributed by atoms with Crippen LogP contribution in [0.2, 0.25) is 0 Å². The molecule has 0 unspecified atom stereocenters. The van der Waals surface area contributed by atoms with Crippen molar-refractivity contribution in [3.05, 3.63) is 42.1 Å². The van der Waals surface area contributed by atoms with Crippen LogP contribution in [0.25, 0.3) is 11.3 Å². The van der Waals surface area contributed by atoms with Gasteiger partial charge in [0.05, 0.1) is 10.9 Å². The highest BCUT2D eigenvalue weighted by atomic mass is 32.2. The zero-order chi connectivity index (χ0) is 16.4. The second-order valence-electron chi connectivity index (χ2n) is 5.85. The zero-order valence-electron chi connectivity index (χ0n) is 12.9. The van der Waals surface area contributed by atoms with E-state index in [4.69, 9.17) is 0 Å². The van der Waals surface area contributed by atoms with Gasteiger partial charge in [-0.3, -0.25) is 9.89 Å². The number of benzene rings is 1. The minimum Gasteiger partial charge on any atom is -0.337 e. The smallest absolute Gasteiger partial charge is 0.271 e. The lowest BCUT2D eigenvalue weighted by molar-refractivity contribution is 0.0720. The number of amides is 1. The summed E-state index contributed by atoms with van der Waals surface area (Å²) in [5.74, 6) is -0.133. The van der Waals surface area contributed by atoms with E-state index in [1.54, 1.807) is 11.0 Å². The number of nitrogens with one attached hydrogen (secondary N) is 1. The highest BCUT2D eigenvalue weighted by Gasteiger charge is 2.29. The fourth-order valence-corrected chi connectivity index (χ4v) is 3.91. The summed E-state index contributed by atoms with van der Waals surface area (Å²) in [5.41, 5.74) is 2.10. The van der Waals surface area contributed by atoms with E-state index in [0.717, 1.165) is 11.3 Å². The van der Waals surface area contributed by atoms with Crippen molar-refractivity contribution in [2.45, 2.75) is 18.1 Å². The second kappa shape index (κ2) is 6.16. The number of hydrogen-bond acceptors (Lipinski definition) is 4. The standard InChI is InChI=1S/C16H19N3O3S/c1-23(21,22)13-7-9-19(10-8-13)16(20)15-11-14(17-18-15)12-5-3-2-4-6-12/h2-6,11,13H,7-10H2,1H3,(H,17,18). The molecule has 0 aliphatic carbocycles. The monoisotopic (exact) mass is 333 g/mol. The molecular weight excluding hydrogens is 314 g/mol. The predicted molar refractivity (Wildman–Crippen MR) is 87.8 cm³/mol.